The second-order valence-corrected chi connectivity index (χ2v) is 4.04. The van der Waals surface area contributed by atoms with Crippen LogP contribution in [0.5, 0.6) is 11.5 Å². The van der Waals surface area contributed by atoms with Crippen molar-refractivity contribution >= 4 is 11.6 Å². The third-order valence-electron chi connectivity index (χ3n) is 2.58. The van der Waals surface area contributed by atoms with Crippen molar-refractivity contribution in [3.05, 3.63) is 22.5 Å². The Morgan fingerprint density at radius 2 is 2.13 bits per heavy atom. The Kier molecular flexibility index (Phi) is 2.28. The van der Waals surface area contributed by atoms with Crippen LogP contribution in [0.1, 0.15) is 18.4 Å². The van der Waals surface area contributed by atoms with E-state index in [1.807, 2.05) is 0 Å². The number of ether oxygens (including phenoxy) is 1. The van der Waals surface area contributed by atoms with Crippen LogP contribution in [0.15, 0.2) is 6.07 Å². The molecule has 0 amide bonds. The van der Waals surface area contributed by atoms with Crippen LogP contribution in [0.2, 0.25) is 5.02 Å². The molecule has 0 heterocycles. The molecule has 1 aromatic carbocycles. The maximum absolute atomic E-state index is 13.4. The van der Waals surface area contributed by atoms with Gasteiger partial charge in [0.25, 0.3) is 0 Å². The lowest BCUT2D eigenvalue weighted by Crippen LogP contribution is -2.06. The Bertz CT molecular complexity index is 416. The van der Waals surface area contributed by atoms with E-state index >= 15 is 0 Å². The Balaban J connectivity index is 2.62. The maximum atomic E-state index is 13.4. The molecule has 0 radical (unpaired) electrons. The van der Waals surface area contributed by atoms with Crippen molar-refractivity contribution in [2.24, 2.45) is 0 Å². The first kappa shape index (κ1) is 10.5. The Morgan fingerprint density at radius 3 is 2.60 bits per heavy atom. The van der Waals surface area contributed by atoms with E-state index in [2.05, 4.69) is 0 Å². The van der Waals surface area contributed by atoms with E-state index in [0.29, 0.717) is 12.8 Å². The van der Waals surface area contributed by atoms with E-state index in [1.165, 1.54) is 13.2 Å². The minimum atomic E-state index is -1.07. The molecule has 2 N–H and O–H groups in total. The molecule has 0 bridgehead atoms. The van der Waals surface area contributed by atoms with Gasteiger partial charge in [-0.3, -0.25) is 0 Å². The first-order valence-corrected chi connectivity index (χ1v) is 4.85. The fraction of sp³-hybridized carbons (Fsp3) is 0.400. The van der Waals surface area contributed by atoms with Crippen molar-refractivity contribution in [2.45, 2.75) is 18.4 Å². The molecular formula is C10H10ClFO3. The summed E-state index contributed by atoms with van der Waals surface area (Å²) in [5.74, 6) is -1.51. The number of benzene rings is 1. The van der Waals surface area contributed by atoms with Crippen molar-refractivity contribution in [1.29, 1.82) is 0 Å². The van der Waals surface area contributed by atoms with Crippen molar-refractivity contribution in [3.8, 4) is 11.5 Å². The van der Waals surface area contributed by atoms with E-state index < -0.39 is 11.4 Å². The summed E-state index contributed by atoms with van der Waals surface area (Å²) in [5, 5.41) is 19.3. The van der Waals surface area contributed by atoms with Gasteiger partial charge in [-0.2, -0.15) is 0 Å². The molecule has 5 heteroatoms. The summed E-state index contributed by atoms with van der Waals surface area (Å²) in [6.07, 6.45) is 1.07. The van der Waals surface area contributed by atoms with E-state index in [-0.39, 0.29) is 22.1 Å². The van der Waals surface area contributed by atoms with Gasteiger partial charge in [0.1, 0.15) is 0 Å². The lowest BCUT2D eigenvalue weighted by molar-refractivity contribution is 0.146. The highest BCUT2D eigenvalue weighted by atomic mass is 35.5. The van der Waals surface area contributed by atoms with Crippen LogP contribution in [0.3, 0.4) is 0 Å². The zero-order valence-corrected chi connectivity index (χ0v) is 8.81. The monoisotopic (exact) mass is 232 g/mol. The van der Waals surface area contributed by atoms with Crippen LogP contribution < -0.4 is 4.74 Å². The summed E-state index contributed by atoms with van der Waals surface area (Å²) in [5.41, 5.74) is -0.847. The number of aromatic hydroxyl groups is 1. The average molecular weight is 233 g/mol. The number of rotatable bonds is 2. The van der Waals surface area contributed by atoms with Gasteiger partial charge in [0.05, 0.1) is 17.7 Å². The van der Waals surface area contributed by atoms with Gasteiger partial charge in [0.2, 0.25) is 0 Å². The first-order valence-electron chi connectivity index (χ1n) is 4.47. The minimum Gasteiger partial charge on any atom is -0.504 e. The zero-order chi connectivity index (χ0) is 11.2. The maximum Gasteiger partial charge on any atom is 0.198 e. The van der Waals surface area contributed by atoms with Gasteiger partial charge in [-0.1, -0.05) is 11.6 Å². The van der Waals surface area contributed by atoms with Gasteiger partial charge in [-0.05, 0) is 18.9 Å². The number of methoxy groups -OCH3 is 1. The number of halogens is 2. The average Bonchev–Trinajstić information content (AvgIpc) is 2.92. The highest BCUT2D eigenvalue weighted by Crippen LogP contribution is 2.52. The molecule has 1 aromatic rings. The van der Waals surface area contributed by atoms with Crippen LogP contribution >= 0.6 is 11.6 Å². The standard InChI is InChI=1S/C10H10ClFO3/c1-15-9-7(12)6(11)4-5(8(9)13)10(14)2-3-10/h4,13-14H,2-3H2,1H3. The summed E-state index contributed by atoms with van der Waals surface area (Å²) in [7, 11) is 1.23. The van der Waals surface area contributed by atoms with E-state index in [4.69, 9.17) is 16.3 Å². The topological polar surface area (TPSA) is 49.7 Å². The predicted octanol–water partition coefficient (Wildman–Crippen LogP) is 2.17. The van der Waals surface area contributed by atoms with Gasteiger partial charge in [-0.15, -0.1) is 0 Å². The number of hydrogen-bond donors (Lipinski definition) is 2. The number of phenolic OH excluding ortho intramolecular Hbond substituents is 1. The third-order valence-corrected chi connectivity index (χ3v) is 2.85. The molecule has 1 fully saturated rings. The van der Waals surface area contributed by atoms with Gasteiger partial charge < -0.3 is 14.9 Å². The summed E-state index contributed by atoms with van der Waals surface area (Å²) in [4.78, 5) is 0. The molecule has 15 heavy (non-hydrogen) atoms. The largest absolute Gasteiger partial charge is 0.504 e. The molecule has 0 saturated heterocycles. The normalized spacial score (nSPS) is 17.6. The summed E-state index contributed by atoms with van der Waals surface area (Å²) < 4.78 is 18.1. The zero-order valence-electron chi connectivity index (χ0n) is 8.05. The second kappa shape index (κ2) is 3.25. The van der Waals surface area contributed by atoms with E-state index in [0.717, 1.165) is 0 Å². The van der Waals surface area contributed by atoms with Gasteiger partial charge in [0.15, 0.2) is 17.3 Å². The summed E-state index contributed by atoms with van der Waals surface area (Å²) >= 11 is 5.63. The lowest BCUT2D eigenvalue weighted by atomic mass is 10.1. The van der Waals surface area contributed by atoms with Crippen LogP contribution in [0.4, 0.5) is 4.39 Å². The fourth-order valence-electron chi connectivity index (χ4n) is 1.52. The molecule has 2 rings (SSSR count). The Hall–Kier alpha value is -1.00. The van der Waals surface area contributed by atoms with Crippen LogP contribution in [0, 0.1) is 5.82 Å². The van der Waals surface area contributed by atoms with Gasteiger partial charge >= 0.3 is 0 Å². The van der Waals surface area contributed by atoms with Crippen LogP contribution in [-0.4, -0.2) is 17.3 Å². The Labute approximate surface area is 91.1 Å². The molecular weight excluding hydrogens is 223 g/mol. The first-order chi connectivity index (χ1) is 6.99. The second-order valence-electron chi connectivity index (χ2n) is 3.63. The molecule has 1 saturated carbocycles. The molecule has 82 valence electrons. The SMILES string of the molecule is COc1c(O)c(C2(O)CC2)cc(Cl)c1F. The number of phenols is 1. The molecule has 1 aliphatic rings. The van der Waals surface area contributed by atoms with E-state index in [1.54, 1.807) is 0 Å². The quantitative estimate of drug-likeness (QED) is 0.822. The fourth-order valence-corrected chi connectivity index (χ4v) is 1.72. The van der Waals surface area contributed by atoms with E-state index in [9.17, 15) is 14.6 Å². The number of hydrogen-bond acceptors (Lipinski definition) is 3. The van der Waals surface area contributed by atoms with Crippen LogP contribution in [0.25, 0.3) is 0 Å². The Morgan fingerprint density at radius 1 is 1.53 bits per heavy atom. The smallest absolute Gasteiger partial charge is 0.198 e. The lowest BCUT2D eigenvalue weighted by Gasteiger charge is -2.14. The minimum absolute atomic E-state index is 0.167. The highest BCUT2D eigenvalue weighted by molar-refractivity contribution is 6.31. The molecule has 0 atom stereocenters. The molecule has 0 unspecified atom stereocenters. The van der Waals surface area contributed by atoms with Crippen molar-refractivity contribution in [2.75, 3.05) is 7.11 Å². The van der Waals surface area contributed by atoms with Crippen molar-refractivity contribution in [1.82, 2.24) is 0 Å². The highest BCUT2D eigenvalue weighted by Gasteiger charge is 2.45. The predicted molar refractivity (Wildman–Crippen MR) is 52.8 cm³/mol. The van der Waals surface area contributed by atoms with Gasteiger partial charge in [0, 0.05) is 5.56 Å². The molecule has 0 aliphatic heterocycles. The molecule has 0 aromatic heterocycles. The van der Waals surface area contributed by atoms with Crippen LogP contribution in [-0.2, 0) is 5.60 Å². The van der Waals surface area contributed by atoms with Gasteiger partial charge in [-0.25, -0.2) is 4.39 Å². The van der Waals surface area contributed by atoms with Crippen molar-refractivity contribution < 1.29 is 19.3 Å². The summed E-state index contributed by atoms with van der Waals surface area (Å²) in [6, 6.07) is 1.24. The molecule has 1 aliphatic carbocycles. The third kappa shape index (κ3) is 1.54. The van der Waals surface area contributed by atoms with Crippen molar-refractivity contribution in [3.63, 3.8) is 0 Å². The molecule has 3 nitrogen and oxygen atoms in total. The molecule has 0 spiro atoms. The summed E-state index contributed by atoms with van der Waals surface area (Å²) in [6.45, 7) is 0. The number of aliphatic hydroxyl groups is 1.